The van der Waals surface area contributed by atoms with Gasteiger partial charge in [-0.1, -0.05) is 36.9 Å². The van der Waals surface area contributed by atoms with E-state index in [-0.39, 0.29) is 5.91 Å². The third-order valence-electron chi connectivity index (χ3n) is 2.07. The highest BCUT2D eigenvalue weighted by Gasteiger charge is 2.14. The molecule has 0 aromatic carbocycles. The number of thioether (sulfide) groups is 1. The first-order valence-electron chi connectivity index (χ1n) is 5.42. The SMILES string of the molecule is Cc1occc1C(=O)Nc1nnc(SC(C)C)s1. The van der Waals surface area contributed by atoms with Crippen LogP contribution in [-0.4, -0.2) is 21.4 Å². The summed E-state index contributed by atoms with van der Waals surface area (Å²) < 4.78 is 5.93. The standard InChI is InChI=1S/C11H13N3O2S2/c1-6(2)17-11-14-13-10(18-11)12-9(15)8-4-5-16-7(8)3/h4-6H,1-3H3,(H,12,13,15). The fourth-order valence-corrected chi connectivity index (χ4v) is 3.26. The van der Waals surface area contributed by atoms with Crippen LogP contribution in [0.25, 0.3) is 0 Å². The van der Waals surface area contributed by atoms with Crippen molar-refractivity contribution in [3.8, 4) is 0 Å². The molecule has 0 saturated heterocycles. The van der Waals surface area contributed by atoms with E-state index in [9.17, 15) is 4.79 Å². The first-order valence-corrected chi connectivity index (χ1v) is 7.11. The van der Waals surface area contributed by atoms with Gasteiger partial charge in [0.2, 0.25) is 5.13 Å². The van der Waals surface area contributed by atoms with Gasteiger partial charge in [-0.05, 0) is 13.0 Å². The Hall–Kier alpha value is -1.34. The van der Waals surface area contributed by atoms with Gasteiger partial charge in [0.15, 0.2) is 4.34 Å². The Morgan fingerprint density at radius 3 is 2.89 bits per heavy atom. The molecule has 2 heterocycles. The van der Waals surface area contributed by atoms with Crippen LogP contribution in [0.4, 0.5) is 5.13 Å². The highest BCUT2D eigenvalue weighted by Crippen LogP contribution is 2.28. The van der Waals surface area contributed by atoms with Gasteiger partial charge in [-0.15, -0.1) is 10.2 Å². The third kappa shape index (κ3) is 3.11. The van der Waals surface area contributed by atoms with Crippen LogP contribution in [0.1, 0.15) is 30.0 Å². The van der Waals surface area contributed by atoms with Gasteiger partial charge in [0.1, 0.15) is 5.76 Å². The van der Waals surface area contributed by atoms with Gasteiger partial charge in [-0.25, -0.2) is 0 Å². The van der Waals surface area contributed by atoms with Crippen LogP contribution in [0, 0.1) is 6.92 Å². The fraction of sp³-hybridized carbons (Fsp3) is 0.364. The van der Waals surface area contributed by atoms with E-state index in [4.69, 9.17) is 4.42 Å². The number of aryl methyl sites for hydroxylation is 1. The molecule has 0 aliphatic rings. The molecule has 0 atom stereocenters. The van der Waals surface area contributed by atoms with Crippen molar-refractivity contribution in [1.29, 1.82) is 0 Å². The second-order valence-electron chi connectivity index (χ2n) is 3.88. The minimum absolute atomic E-state index is 0.224. The molecule has 5 nitrogen and oxygen atoms in total. The van der Waals surface area contributed by atoms with Crippen molar-refractivity contribution in [2.24, 2.45) is 0 Å². The molecule has 7 heteroatoms. The lowest BCUT2D eigenvalue weighted by Crippen LogP contribution is -2.11. The lowest BCUT2D eigenvalue weighted by Gasteiger charge is -1.99. The summed E-state index contributed by atoms with van der Waals surface area (Å²) in [6, 6.07) is 1.63. The highest BCUT2D eigenvalue weighted by molar-refractivity contribution is 8.01. The molecule has 2 rings (SSSR count). The quantitative estimate of drug-likeness (QED) is 0.689. The Bertz CT molecular complexity index is 548. The highest BCUT2D eigenvalue weighted by atomic mass is 32.2. The second-order valence-corrected chi connectivity index (χ2v) is 6.69. The van der Waals surface area contributed by atoms with Crippen LogP contribution >= 0.6 is 23.1 Å². The molecule has 2 aromatic rings. The zero-order chi connectivity index (χ0) is 13.1. The molecule has 0 unspecified atom stereocenters. The molecule has 1 N–H and O–H groups in total. The minimum atomic E-state index is -0.224. The second kappa shape index (κ2) is 5.53. The topological polar surface area (TPSA) is 68.0 Å². The van der Waals surface area contributed by atoms with Crippen molar-refractivity contribution in [3.63, 3.8) is 0 Å². The summed E-state index contributed by atoms with van der Waals surface area (Å²) in [5.74, 6) is 0.368. The number of aromatic nitrogens is 2. The lowest BCUT2D eigenvalue weighted by atomic mass is 10.2. The maximum absolute atomic E-state index is 11.9. The van der Waals surface area contributed by atoms with Crippen molar-refractivity contribution in [2.75, 3.05) is 5.32 Å². The molecule has 18 heavy (non-hydrogen) atoms. The van der Waals surface area contributed by atoms with Crippen molar-refractivity contribution in [3.05, 3.63) is 23.7 Å². The Morgan fingerprint density at radius 1 is 1.50 bits per heavy atom. The number of nitrogens with one attached hydrogen (secondary N) is 1. The first-order chi connectivity index (χ1) is 8.56. The van der Waals surface area contributed by atoms with Crippen LogP contribution in [-0.2, 0) is 0 Å². The summed E-state index contributed by atoms with van der Waals surface area (Å²) in [5.41, 5.74) is 0.517. The number of hydrogen-bond donors (Lipinski definition) is 1. The van der Waals surface area contributed by atoms with E-state index in [1.165, 1.54) is 17.6 Å². The Balaban J connectivity index is 2.04. The predicted octanol–water partition coefficient (Wildman–Crippen LogP) is 3.19. The van der Waals surface area contributed by atoms with E-state index in [1.54, 1.807) is 24.8 Å². The summed E-state index contributed by atoms with van der Waals surface area (Å²) >= 11 is 2.99. The van der Waals surface area contributed by atoms with Crippen molar-refractivity contribution >= 4 is 34.1 Å². The molecule has 96 valence electrons. The maximum atomic E-state index is 11.9. The van der Waals surface area contributed by atoms with Gasteiger partial charge in [-0.3, -0.25) is 10.1 Å². The number of anilines is 1. The molecular formula is C11H13N3O2S2. The average Bonchev–Trinajstić information content (AvgIpc) is 2.87. The zero-order valence-electron chi connectivity index (χ0n) is 10.3. The average molecular weight is 283 g/mol. The van der Waals surface area contributed by atoms with Crippen LogP contribution in [0.5, 0.6) is 0 Å². The van der Waals surface area contributed by atoms with Crippen LogP contribution in [0.3, 0.4) is 0 Å². The molecular weight excluding hydrogens is 270 g/mol. The summed E-state index contributed by atoms with van der Waals surface area (Å²) in [7, 11) is 0. The number of hydrogen-bond acceptors (Lipinski definition) is 6. The summed E-state index contributed by atoms with van der Waals surface area (Å²) in [6.45, 7) is 5.91. The van der Waals surface area contributed by atoms with E-state index >= 15 is 0 Å². The number of amides is 1. The predicted molar refractivity (Wildman–Crippen MR) is 72.3 cm³/mol. The van der Waals surface area contributed by atoms with Crippen molar-refractivity contribution in [2.45, 2.75) is 30.4 Å². The molecule has 1 amide bonds. The van der Waals surface area contributed by atoms with Crippen molar-refractivity contribution < 1.29 is 9.21 Å². The Kier molecular flexibility index (Phi) is 4.03. The maximum Gasteiger partial charge on any atom is 0.261 e. The summed E-state index contributed by atoms with van der Waals surface area (Å²) in [5, 5.41) is 11.6. The van der Waals surface area contributed by atoms with E-state index in [2.05, 4.69) is 29.4 Å². The van der Waals surface area contributed by atoms with E-state index in [1.807, 2.05) is 0 Å². The lowest BCUT2D eigenvalue weighted by molar-refractivity contribution is 0.102. The number of furan rings is 1. The minimum Gasteiger partial charge on any atom is -0.469 e. The Morgan fingerprint density at radius 2 is 2.28 bits per heavy atom. The van der Waals surface area contributed by atoms with E-state index in [0.717, 1.165) is 4.34 Å². The van der Waals surface area contributed by atoms with Crippen LogP contribution < -0.4 is 5.32 Å². The molecule has 0 fully saturated rings. The van der Waals surface area contributed by atoms with Gasteiger partial charge in [0, 0.05) is 5.25 Å². The molecule has 0 radical (unpaired) electrons. The Labute approximate surface area is 113 Å². The van der Waals surface area contributed by atoms with Gasteiger partial charge < -0.3 is 4.42 Å². The molecule has 2 aromatic heterocycles. The summed E-state index contributed by atoms with van der Waals surface area (Å²) in [6.07, 6.45) is 1.49. The summed E-state index contributed by atoms with van der Waals surface area (Å²) in [4.78, 5) is 11.9. The van der Waals surface area contributed by atoms with Gasteiger partial charge >= 0.3 is 0 Å². The monoisotopic (exact) mass is 283 g/mol. The van der Waals surface area contributed by atoms with Crippen molar-refractivity contribution in [1.82, 2.24) is 10.2 Å². The smallest absolute Gasteiger partial charge is 0.261 e. The number of nitrogens with zero attached hydrogens (tertiary/aromatic N) is 2. The van der Waals surface area contributed by atoms with E-state index in [0.29, 0.717) is 21.7 Å². The van der Waals surface area contributed by atoms with Crippen LogP contribution in [0.15, 0.2) is 21.1 Å². The van der Waals surface area contributed by atoms with Crippen LogP contribution in [0.2, 0.25) is 0 Å². The normalized spacial score (nSPS) is 10.9. The number of carbonyl (C=O) groups is 1. The number of rotatable bonds is 4. The molecule has 0 bridgehead atoms. The molecule has 0 aliphatic carbocycles. The van der Waals surface area contributed by atoms with Gasteiger partial charge in [-0.2, -0.15) is 0 Å². The zero-order valence-corrected chi connectivity index (χ0v) is 11.9. The molecule has 0 aliphatic heterocycles. The molecule has 0 spiro atoms. The third-order valence-corrected chi connectivity index (χ3v) is 3.99. The first kappa shape index (κ1) is 13.1. The fourth-order valence-electron chi connectivity index (χ4n) is 1.29. The molecule has 0 saturated carbocycles. The van der Waals surface area contributed by atoms with E-state index < -0.39 is 0 Å². The van der Waals surface area contributed by atoms with Gasteiger partial charge in [0.05, 0.1) is 11.8 Å². The van der Waals surface area contributed by atoms with Gasteiger partial charge in [0.25, 0.3) is 5.91 Å². The number of carbonyl (C=O) groups excluding carboxylic acids is 1. The largest absolute Gasteiger partial charge is 0.469 e.